The highest BCUT2D eigenvalue weighted by Crippen LogP contribution is 2.42. The summed E-state index contributed by atoms with van der Waals surface area (Å²) in [5.41, 5.74) is 0.633. The number of benzene rings is 2. The Kier molecular flexibility index (Phi) is 6.60. The van der Waals surface area contributed by atoms with Gasteiger partial charge in [-0.15, -0.1) is 15.3 Å². The monoisotopic (exact) mass is 424 g/mol. The van der Waals surface area contributed by atoms with Gasteiger partial charge in [0.25, 0.3) is 0 Å². The standard InChI is InChI=1S/C25H26N7/c1-2-10-20(24(18-27-31-29-24)21-11-5-3-6-12-21)15-9-16-23(17-26)25(19-28-32-30-25)22-13-7-4-8-14-22/h2-8,11-14,18-20,23H,9-10,15-16H2,1H3. The first-order valence-corrected chi connectivity index (χ1v) is 11.0. The predicted molar refractivity (Wildman–Crippen MR) is 124 cm³/mol. The van der Waals surface area contributed by atoms with Gasteiger partial charge in [0.2, 0.25) is 0 Å². The summed E-state index contributed by atoms with van der Waals surface area (Å²) >= 11 is 0. The van der Waals surface area contributed by atoms with Crippen LogP contribution in [0, 0.1) is 29.6 Å². The van der Waals surface area contributed by atoms with E-state index < -0.39 is 11.1 Å². The number of hydrogen-bond donors (Lipinski definition) is 0. The van der Waals surface area contributed by atoms with Gasteiger partial charge in [-0.1, -0.05) is 74.0 Å². The molecule has 4 atom stereocenters. The van der Waals surface area contributed by atoms with Crippen LogP contribution in [0.25, 0.3) is 0 Å². The highest BCUT2D eigenvalue weighted by atomic mass is 15.4. The Morgan fingerprint density at radius 1 is 0.844 bits per heavy atom. The van der Waals surface area contributed by atoms with Crippen molar-refractivity contribution < 1.29 is 0 Å². The van der Waals surface area contributed by atoms with E-state index in [9.17, 15) is 5.26 Å². The van der Waals surface area contributed by atoms with Crippen molar-refractivity contribution in [3.8, 4) is 6.07 Å². The number of rotatable bonds is 10. The van der Waals surface area contributed by atoms with Gasteiger partial charge < -0.3 is 0 Å². The van der Waals surface area contributed by atoms with Gasteiger partial charge >= 0.3 is 0 Å². The molecule has 161 valence electrons. The van der Waals surface area contributed by atoms with Crippen LogP contribution in [0.4, 0.5) is 0 Å². The third-order valence-electron chi connectivity index (χ3n) is 6.38. The Labute approximate surface area is 188 Å². The average molecular weight is 425 g/mol. The molecule has 4 rings (SSSR count). The fourth-order valence-corrected chi connectivity index (χ4v) is 4.69. The number of nitriles is 1. The molecule has 2 aliphatic heterocycles. The third-order valence-corrected chi connectivity index (χ3v) is 6.38. The van der Waals surface area contributed by atoms with Crippen molar-refractivity contribution in [1.82, 2.24) is 0 Å². The zero-order chi connectivity index (χ0) is 22.3. The van der Waals surface area contributed by atoms with Gasteiger partial charge in [-0.05, 0) is 53.2 Å². The van der Waals surface area contributed by atoms with Crippen LogP contribution in [0.5, 0.6) is 0 Å². The summed E-state index contributed by atoms with van der Waals surface area (Å²) in [7, 11) is 0. The van der Waals surface area contributed by atoms with Gasteiger partial charge in [-0.2, -0.15) is 10.4 Å². The molecule has 0 aliphatic carbocycles. The highest BCUT2D eigenvalue weighted by molar-refractivity contribution is 5.76. The zero-order valence-electron chi connectivity index (χ0n) is 18.1. The third kappa shape index (κ3) is 4.01. The lowest BCUT2D eigenvalue weighted by atomic mass is 9.73. The minimum absolute atomic E-state index is 0.191. The largest absolute Gasteiger partial charge is 0.198 e. The Bertz CT molecular complexity index is 1030. The topological polar surface area (TPSA) is 97.9 Å². The van der Waals surface area contributed by atoms with Gasteiger partial charge in [0.15, 0.2) is 5.54 Å². The van der Waals surface area contributed by atoms with Gasteiger partial charge in [0.05, 0.1) is 24.4 Å². The van der Waals surface area contributed by atoms with E-state index >= 15 is 0 Å². The van der Waals surface area contributed by atoms with Crippen LogP contribution in [0.3, 0.4) is 0 Å². The molecule has 32 heavy (non-hydrogen) atoms. The SMILES string of the molecule is C[CH]CC(CCCC(C#N)C1(c2ccccc2)C=NN=N1)C1(c2ccccc2)C=NN=N1. The summed E-state index contributed by atoms with van der Waals surface area (Å²) in [6, 6.07) is 22.5. The molecule has 0 spiro atoms. The van der Waals surface area contributed by atoms with Crippen LogP contribution in [0.15, 0.2) is 91.5 Å². The molecule has 7 nitrogen and oxygen atoms in total. The molecule has 2 aromatic rings. The maximum Gasteiger partial charge on any atom is 0.161 e. The summed E-state index contributed by atoms with van der Waals surface area (Å²) in [6.07, 6.45) is 9.01. The molecule has 4 unspecified atom stereocenters. The van der Waals surface area contributed by atoms with Crippen molar-refractivity contribution in [2.24, 2.45) is 42.7 Å². The highest BCUT2D eigenvalue weighted by Gasteiger charge is 2.44. The molecule has 0 saturated heterocycles. The lowest BCUT2D eigenvalue weighted by Crippen LogP contribution is -2.35. The summed E-state index contributed by atoms with van der Waals surface area (Å²) in [5.74, 6) is -0.173. The fraction of sp³-hybridized carbons (Fsp3) is 0.360. The predicted octanol–water partition coefficient (Wildman–Crippen LogP) is 6.22. The second-order valence-electron chi connectivity index (χ2n) is 8.20. The van der Waals surface area contributed by atoms with Crippen LogP contribution in [-0.2, 0) is 11.1 Å². The summed E-state index contributed by atoms with van der Waals surface area (Å²) in [5, 5.41) is 35.0. The van der Waals surface area contributed by atoms with Gasteiger partial charge in [-0.3, -0.25) is 0 Å². The first-order valence-electron chi connectivity index (χ1n) is 11.0. The van der Waals surface area contributed by atoms with E-state index in [0.29, 0.717) is 6.42 Å². The van der Waals surface area contributed by atoms with Gasteiger partial charge in [-0.25, -0.2) is 0 Å². The van der Waals surface area contributed by atoms with E-state index in [-0.39, 0.29) is 11.8 Å². The van der Waals surface area contributed by atoms with Crippen molar-refractivity contribution in [1.29, 1.82) is 5.26 Å². The molecule has 0 fully saturated rings. The molecule has 0 amide bonds. The first-order chi connectivity index (χ1) is 15.7. The Morgan fingerprint density at radius 3 is 1.91 bits per heavy atom. The zero-order valence-corrected chi connectivity index (χ0v) is 18.1. The second-order valence-corrected chi connectivity index (χ2v) is 8.20. The maximum absolute atomic E-state index is 10.0. The lowest BCUT2D eigenvalue weighted by Gasteiger charge is -2.32. The molecule has 2 aliphatic rings. The number of nitrogens with zero attached hydrogens (tertiary/aromatic N) is 7. The lowest BCUT2D eigenvalue weighted by molar-refractivity contribution is 0.312. The quantitative estimate of drug-likeness (QED) is 0.444. The molecule has 1 radical (unpaired) electrons. The van der Waals surface area contributed by atoms with Gasteiger partial charge in [0.1, 0.15) is 5.54 Å². The van der Waals surface area contributed by atoms with E-state index in [2.05, 4.69) is 62.4 Å². The molecule has 0 bridgehead atoms. The van der Waals surface area contributed by atoms with E-state index in [1.165, 1.54) is 0 Å². The summed E-state index contributed by atoms with van der Waals surface area (Å²) in [6.45, 7) is 2.06. The molecular formula is C25H26N7. The second kappa shape index (κ2) is 9.73. The van der Waals surface area contributed by atoms with E-state index in [4.69, 9.17) is 0 Å². The molecule has 0 N–H and O–H groups in total. The molecule has 2 heterocycles. The Hall–Kier alpha value is -3.53. The number of hydrogen-bond acceptors (Lipinski definition) is 7. The minimum Gasteiger partial charge on any atom is -0.198 e. The summed E-state index contributed by atoms with van der Waals surface area (Å²) < 4.78 is 0. The molecule has 0 saturated carbocycles. The smallest absolute Gasteiger partial charge is 0.161 e. The van der Waals surface area contributed by atoms with Crippen molar-refractivity contribution in [3.05, 3.63) is 78.2 Å². The average Bonchev–Trinajstić information content (AvgIpc) is 3.54. The Morgan fingerprint density at radius 2 is 1.41 bits per heavy atom. The van der Waals surface area contributed by atoms with Crippen molar-refractivity contribution in [2.75, 3.05) is 0 Å². The van der Waals surface area contributed by atoms with E-state index in [1.807, 2.05) is 54.7 Å². The van der Waals surface area contributed by atoms with Crippen molar-refractivity contribution in [3.63, 3.8) is 0 Å². The first kappa shape index (κ1) is 21.7. The Balaban J connectivity index is 1.53. The van der Waals surface area contributed by atoms with Crippen molar-refractivity contribution in [2.45, 2.75) is 43.7 Å². The van der Waals surface area contributed by atoms with Crippen LogP contribution in [-0.4, -0.2) is 12.4 Å². The molecular weight excluding hydrogens is 398 g/mol. The van der Waals surface area contributed by atoms with Crippen LogP contribution >= 0.6 is 0 Å². The van der Waals surface area contributed by atoms with E-state index in [0.717, 1.165) is 30.4 Å². The normalized spacial score (nSPS) is 25.1. The van der Waals surface area contributed by atoms with Crippen molar-refractivity contribution >= 4 is 12.4 Å². The van der Waals surface area contributed by atoms with Crippen LogP contribution in [0.1, 0.15) is 43.7 Å². The van der Waals surface area contributed by atoms with Gasteiger partial charge in [0, 0.05) is 0 Å². The maximum atomic E-state index is 10.0. The van der Waals surface area contributed by atoms with Crippen LogP contribution < -0.4 is 0 Å². The summed E-state index contributed by atoms with van der Waals surface area (Å²) in [4.78, 5) is 0. The fourth-order valence-electron chi connectivity index (χ4n) is 4.69. The molecule has 0 aromatic heterocycles. The minimum atomic E-state index is -0.825. The van der Waals surface area contributed by atoms with Crippen LogP contribution in [0.2, 0.25) is 0 Å². The molecule has 7 heteroatoms. The molecule has 2 aromatic carbocycles. The van der Waals surface area contributed by atoms with E-state index in [1.54, 1.807) is 6.21 Å².